The lowest BCUT2D eigenvalue weighted by Crippen LogP contribution is -2.42. The van der Waals surface area contributed by atoms with E-state index in [-0.39, 0.29) is 0 Å². The number of benzene rings is 1. The van der Waals surface area contributed by atoms with Crippen LogP contribution in [0.5, 0.6) is 0 Å². The zero-order valence-corrected chi connectivity index (χ0v) is 12.6. The van der Waals surface area contributed by atoms with Gasteiger partial charge in [0.25, 0.3) is 0 Å². The van der Waals surface area contributed by atoms with Crippen LogP contribution < -0.4 is 5.32 Å². The first-order valence-corrected chi connectivity index (χ1v) is 7.48. The summed E-state index contributed by atoms with van der Waals surface area (Å²) in [5, 5.41) is 14.7. The molecule has 1 aliphatic rings. The largest absolute Gasteiger partial charge is 0.389 e. The van der Waals surface area contributed by atoms with E-state index in [0.717, 1.165) is 19.3 Å². The first-order valence-electron chi connectivity index (χ1n) is 7.48. The second-order valence-corrected chi connectivity index (χ2v) is 6.76. The van der Waals surface area contributed by atoms with Crippen molar-refractivity contribution < 1.29 is 5.11 Å². The van der Waals surface area contributed by atoms with Crippen LogP contribution in [0.4, 0.5) is 0 Å². The standard InChI is InChI=1S/C17H24N2O/c1-11-4-6-15-13(8-11)14-9-12(5-7-16(14)19-15)18-10-17(2,3)20/h4,6,8,12,18-20H,5,7,9-10H2,1-3H3. The van der Waals surface area contributed by atoms with Crippen molar-refractivity contribution in [2.45, 2.75) is 51.7 Å². The maximum atomic E-state index is 9.84. The highest BCUT2D eigenvalue weighted by molar-refractivity contribution is 5.85. The van der Waals surface area contributed by atoms with E-state index in [1.54, 1.807) is 0 Å². The third kappa shape index (κ3) is 2.74. The summed E-state index contributed by atoms with van der Waals surface area (Å²) in [6.07, 6.45) is 3.27. The highest BCUT2D eigenvalue weighted by Gasteiger charge is 2.23. The van der Waals surface area contributed by atoms with E-state index in [2.05, 4.69) is 35.4 Å². The van der Waals surface area contributed by atoms with Gasteiger partial charge in [0, 0.05) is 29.2 Å². The van der Waals surface area contributed by atoms with Crippen LogP contribution in [-0.4, -0.2) is 28.3 Å². The summed E-state index contributed by atoms with van der Waals surface area (Å²) < 4.78 is 0. The number of rotatable bonds is 3. The molecular formula is C17H24N2O. The van der Waals surface area contributed by atoms with Crippen molar-refractivity contribution in [3.05, 3.63) is 35.0 Å². The molecule has 1 aromatic carbocycles. The molecule has 3 N–H and O–H groups in total. The number of nitrogens with one attached hydrogen (secondary N) is 2. The third-order valence-electron chi connectivity index (χ3n) is 4.17. The lowest BCUT2D eigenvalue weighted by molar-refractivity contribution is 0.0757. The van der Waals surface area contributed by atoms with Crippen LogP contribution in [0.2, 0.25) is 0 Å². The van der Waals surface area contributed by atoms with E-state index >= 15 is 0 Å². The third-order valence-corrected chi connectivity index (χ3v) is 4.17. The molecular weight excluding hydrogens is 248 g/mol. The predicted molar refractivity (Wildman–Crippen MR) is 83.1 cm³/mol. The molecule has 1 aromatic heterocycles. The average Bonchev–Trinajstić information content (AvgIpc) is 2.73. The van der Waals surface area contributed by atoms with E-state index in [1.807, 2.05) is 13.8 Å². The second kappa shape index (κ2) is 4.90. The average molecular weight is 272 g/mol. The van der Waals surface area contributed by atoms with Gasteiger partial charge in [0.2, 0.25) is 0 Å². The molecule has 108 valence electrons. The Morgan fingerprint density at radius 3 is 2.95 bits per heavy atom. The highest BCUT2D eigenvalue weighted by Crippen LogP contribution is 2.29. The summed E-state index contributed by atoms with van der Waals surface area (Å²) in [4.78, 5) is 3.56. The van der Waals surface area contributed by atoms with Crippen LogP contribution in [0.25, 0.3) is 10.9 Å². The fourth-order valence-corrected chi connectivity index (χ4v) is 3.10. The second-order valence-electron chi connectivity index (χ2n) is 6.76. The Morgan fingerprint density at radius 1 is 1.40 bits per heavy atom. The van der Waals surface area contributed by atoms with Gasteiger partial charge in [-0.05, 0) is 57.7 Å². The van der Waals surface area contributed by atoms with Crippen LogP contribution in [0.1, 0.15) is 37.1 Å². The lowest BCUT2D eigenvalue weighted by atomic mass is 9.91. The Balaban J connectivity index is 1.83. The fraction of sp³-hybridized carbons (Fsp3) is 0.529. The minimum atomic E-state index is -0.642. The van der Waals surface area contributed by atoms with E-state index in [4.69, 9.17) is 0 Å². The van der Waals surface area contributed by atoms with Crippen molar-refractivity contribution in [3.8, 4) is 0 Å². The maximum Gasteiger partial charge on any atom is 0.0715 e. The molecule has 3 heteroatoms. The zero-order valence-electron chi connectivity index (χ0n) is 12.6. The van der Waals surface area contributed by atoms with E-state index < -0.39 is 5.60 Å². The predicted octanol–water partition coefficient (Wildman–Crippen LogP) is 2.69. The van der Waals surface area contributed by atoms with Gasteiger partial charge in [-0.2, -0.15) is 0 Å². The van der Waals surface area contributed by atoms with Gasteiger partial charge in [-0.25, -0.2) is 0 Å². The normalized spacial score (nSPS) is 19.3. The van der Waals surface area contributed by atoms with Gasteiger partial charge >= 0.3 is 0 Å². The Labute approximate surface area is 120 Å². The zero-order chi connectivity index (χ0) is 14.3. The van der Waals surface area contributed by atoms with Gasteiger partial charge in [-0.1, -0.05) is 11.6 Å². The van der Waals surface area contributed by atoms with Crippen molar-refractivity contribution in [3.63, 3.8) is 0 Å². The van der Waals surface area contributed by atoms with Crippen LogP contribution >= 0.6 is 0 Å². The van der Waals surface area contributed by atoms with Crippen molar-refractivity contribution in [1.82, 2.24) is 10.3 Å². The number of H-pyrrole nitrogens is 1. The van der Waals surface area contributed by atoms with Gasteiger partial charge in [-0.3, -0.25) is 0 Å². The van der Waals surface area contributed by atoms with Crippen molar-refractivity contribution in [2.75, 3.05) is 6.54 Å². The molecule has 0 saturated heterocycles. The summed E-state index contributed by atoms with van der Waals surface area (Å²) in [7, 11) is 0. The molecule has 3 nitrogen and oxygen atoms in total. The molecule has 2 aromatic rings. The Kier molecular flexibility index (Phi) is 3.35. The molecule has 0 bridgehead atoms. The molecule has 0 fully saturated rings. The number of aryl methyl sites for hydroxylation is 2. The molecule has 0 saturated carbocycles. The number of aromatic amines is 1. The maximum absolute atomic E-state index is 9.84. The summed E-state index contributed by atoms with van der Waals surface area (Å²) >= 11 is 0. The monoisotopic (exact) mass is 272 g/mol. The first-order chi connectivity index (χ1) is 9.42. The first kappa shape index (κ1) is 13.7. The van der Waals surface area contributed by atoms with E-state index in [9.17, 15) is 5.11 Å². The SMILES string of the molecule is Cc1ccc2[nH]c3c(c2c1)CC(NCC(C)(C)O)CC3. The minimum absolute atomic E-state index is 0.466. The van der Waals surface area contributed by atoms with Gasteiger partial charge < -0.3 is 15.4 Å². The molecule has 1 unspecified atom stereocenters. The highest BCUT2D eigenvalue weighted by atomic mass is 16.3. The Bertz CT molecular complexity index is 622. The molecule has 20 heavy (non-hydrogen) atoms. The van der Waals surface area contributed by atoms with Crippen molar-refractivity contribution in [1.29, 1.82) is 0 Å². The summed E-state index contributed by atoms with van der Waals surface area (Å²) in [6, 6.07) is 7.09. The Morgan fingerprint density at radius 2 is 2.20 bits per heavy atom. The molecule has 0 amide bonds. The number of fused-ring (bicyclic) bond motifs is 3. The number of aliphatic hydroxyl groups is 1. The van der Waals surface area contributed by atoms with Crippen molar-refractivity contribution in [2.24, 2.45) is 0 Å². The minimum Gasteiger partial charge on any atom is -0.389 e. The fourth-order valence-electron chi connectivity index (χ4n) is 3.10. The van der Waals surface area contributed by atoms with Gasteiger partial charge in [0.15, 0.2) is 0 Å². The molecule has 0 radical (unpaired) electrons. The van der Waals surface area contributed by atoms with Gasteiger partial charge in [0.05, 0.1) is 5.60 Å². The molecule has 3 rings (SSSR count). The molecule has 1 atom stereocenters. The summed E-state index contributed by atoms with van der Waals surface area (Å²) in [6.45, 7) is 6.49. The lowest BCUT2D eigenvalue weighted by Gasteiger charge is -2.27. The van der Waals surface area contributed by atoms with Crippen LogP contribution in [-0.2, 0) is 12.8 Å². The molecule has 0 spiro atoms. The number of hydrogen-bond acceptors (Lipinski definition) is 2. The number of aromatic nitrogens is 1. The molecule has 0 aliphatic heterocycles. The molecule has 1 heterocycles. The molecule has 1 aliphatic carbocycles. The van der Waals surface area contributed by atoms with Gasteiger partial charge in [-0.15, -0.1) is 0 Å². The summed E-state index contributed by atoms with van der Waals surface area (Å²) in [5.74, 6) is 0. The summed E-state index contributed by atoms with van der Waals surface area (Å²) in [5.41, 5.74) is 4.78. The number of hydrogen-bond donors (Lipinski definition) is 3. The van der Waals surface area contributed by atoms with Gasteiger partial charge in [0.1, 0.15) is 0 Å². The topological polar surface area (TPSA) is 48.0 Å². The van der Waals surface area contributed by atoms with E-state index in [0.29, 0.717) is 12.6 Å². The van der Waals surface area contributed by atoms with Crippen LogP contribution in [0.15, 0.2) is 18.2 Å². The Hall–Kier alpha value is -1.32. The van der Waals surface area contributed by atoms with Crippen molar-refractivity contribution >= 4 is 10.9 Å². The smallest absolute Gasteiger partial charge is 0.0715 e. The quantitative estimate of drug-likeness (QED) is 0.804. The van der Waals surface area contributed by atoms with E-state index in [1.165, 1.54) is 27.7 Å². The van der Waals surface area contributed by atoms with Crippen LogP contribution in [0, 0.1) is 6.92 Å². The van der Waals surface area contributed by atoms with Crippen LogP contribution in [0.3, 0.4) is 0 Å².